The molecule has 7 heteroatoms. The van der Waals surface area contributed by atoms with E-state index in [4.69, 9.17) is 27.9 Å². The van der Waals surface area contributed by atoms with Gasteiger partial charge in [-0.3, -0.25) is 0 Å². The molecule has 0 aliphatic rings. The van der Waals surface area contributed by atoms with E-state index in [1.54, 1.807) is 6.07 Å². The number of hydrogen-bond donors (Lipinski definition) is 0. The Morgan fingerprint density at radius 2 is 1.74 bits per heavy atom. The molecule has 2 aromatic carbocycles. The van der Waals surface area contributed by atoms with Crippen LogP contribution in [-0.2, 0) is 16.6 Å². The van der Waals surface area contributed by atoms with E-state index < -0.39 is 10.0 Å². The molecule has 2 rings (SSSR count). The van der Waals surface area contributed by atoms with Gasteiger partial charge in [-0.1, -0.05) is 35.3 Å². The number of nitrogens with zero attached hydrogens (tertiary/aromatic N) is 1. The van der Waals surface area contributed by atoms with Crippen molar-refractivity contribution in [1.29, 1.82) is 0 Å². The third-order valence-corrected chi connectivity index (χ3v) is 5.74. The summed E-state index contributed by atoms with van der Waals surface area (Å²) in [6, 6.07) is 11.7. The zero-order chi connectivity index (χ0) is 17.0. The minimum Gasteiger partial charge on any atom is -0.494 e. The number of hydrogen-bond acceptors (Lipinski definition) is 3. The number of benzene rings is 2. The van der Waals surface area contributed by atoms with Crippen molar-refractivity contribution in [1.82, 2.24) is 4.31 Å². The van der Waals surface area contributed by atoms with Crippen LogP contribution in [0.3, 0.4) is 0 Å². The van der Waals surface area contributed by atoms with E-state index in [0.29, 0.717) is 11.6 Å². The first-order valence-electron chi connectivity index (χ1n) is 6.97. The maximum atomic E-state index is 12.6. The smallest absolute Gasteiger partial charge is 0.244 e. The lowest BCUT2D eigenvalue weighted by Gasteiger charge is -2.18. The van der Waals surface area contributed by atoms with Crippen LogP contribution in [0.1, 0.15) is 12.5 Å². The van der Waals surface area contributed by atoms with Gasteiger partial charge in [0.05, 0.1) is 11.6 Å². The second-order valence-electron chi connectivity index (χ2n) is 4.91. The molecule has 0 heterocycles. The van der Waals surface area contributed by atoms with Gasteiger partial charge in [0.1, 0.15) is 10.6 Å². The Labute approximate surface area is 146 Å². The van der Waals surface area contributed by atoms with Gasteiger partial charge in [-0.05, 0) is 42.8 Å². The first-order valence-corrected chi connectivity index (χ1v) is 9.17. The quantitative estimate of drug-likeness (QED) is 0.761. The normalized spacial score (nSPS) is 11.7. The summed E-state index contributed by atoms with van der Waals surface area (Å²) in [5.41, 5.74) is 0.845. The van der Waals surface area contributed by atoms with Crippen molar-refractivity contribution in [3.05, 3.63) is 58.1 Å². The van der Waals surface area contributed by atoms with E-state index in [9.17, 15) is 8.42 Å². The fraction of sp³-hybridized carbons (Fsp3) is 0.250. The standard InChI is InChI=1S/C16H17Cl2NO3S/c1-3-22-14-7-4-12(5-8-14)11-19(2)23(20,21)16-10-13(17)6-9-15(16)18/h4-10H,3,11H2,1-2H3. The zero-order valence-corrected chi connectivity index (χ0v) is 15.1. The first-order chi connectivity index (χ1) is 10.8. The highest BCUT2D eigenvalue weighted by atomic mass is 35.5. The molecule has 23 heavy (non-hydrogen) atoms. The summed E-state index contributed by atoms with van der Waals surface area (Å²) < 4.78 is 31.9. The van der Waals surface area contributed by atoms with Crippen LogP contribution >= 0.6 is 23.2 Å². The van der Waals surface area contributed by atoms with Gasteiger partial charge in [-0.2, -0.15) is 4.31 Å². The van der Waals surface area contributed by atoms with Crippen molar-refractivity contribution in [2.24, 2.45) is 0 Å². The number of sulfonamides is 1. The largest absolute Gasteiger partial charge is 0.494 e. The van der Waals surface area contributed by atoms with E-state index in [0.717, 1.165) is 11.3 Å². The summed E-state index contributed by atoms with van der Waals surface area (Å²) in [4.78, 5) is 0.0000955. The average molecular weight is 374 g/mol. The summed E-state index contributed by atoms with van der Waals surface area (Å²) in [6.07, 6.45) is 0. The van der Waals surface area contributed by atoms with Crippen LogP contribution in [0.5, 0.6) is 5.75 Å². The maximum absolute atomic E-state index is 12.6. The third kappa shape index (κ3) is 4.38. The molecule has 0 aliphatic carbocycles. The Kier molecular flexibility index (Phi) is 5.92. The Balaban J connectivity index is 2.21. The van der Waals surface area contributed by atoms with Gasteiger partial charge in [0.25, 0.3) is 0 Å². The second-order valence-corrected chi connectivity index (χ2v) is 7.77. The van der Waals surface area contributed by atoms with Gasteiger partial charge in [-0.25, -0.2) is 8.42 Å². The molecule has 124 valence electrons. The second kappa shape index (κ2) is 7.53. The van der Waals surface area contributed by atoms with Crippen LogP contribution in [0.2, 0.25) is 10.0 Å². The molecule has 0 radical (unpaired) electrons. The minimum absolute atomic E-state index is 0.0000955. The number of rotatable bonds is 6. The third-order valence-electron chi connectivity index (χ3n) is 3.22. The van der Waals surface area contributed by atoms with E-state index >= 15 is 0 Å². The van der Waals surface area contributed by atoms with Crippen LogP contribution in [-0.4, -0.2) is 26.4 Å². The van der Waals surface area contributed by atoms with Gasteiger partial charge in [0.15, 0.2) is 0 Å². The molecular weight excluding hydrogens is 357 g/mol. The lowest BCUT2D eigenvalue weighted by Crippen LogP contribution is -2.26. The molecule has 0 atom stereocenters. The van der Waals surface area contributed by atoms with Gasteiger partial charge < -0.3 is 4.74 Å². The average Bonchev–Trinajstić information content (AvgIpc) is 2.51. The fourth-order valence-electron chi connectivity index (χ4n) is 2.04. The molecule has 0 aliphatic heterocycles. The van der Waals surface area contributed by atoms with Crippen LogP contribution in [0, 0.1) is 0 Å². The van der Waals surface area contributed by atoms with E-state index in [1.807, 2.05) is 31.2 Å². The fourth-order valence-corrected chi connectivity index (χ4v) is 3.93. The molecule has 0 bridgehead atoms. The Morgan fingerprint density at radius 1 is 1.09 bits per heavy atom. The van der Waals surface area contributed by atoms with Crippen molar-refractivity contribution < 1.29 is 13.2 Å². The maximum Gasteiger partial charge on any atom is 0.244 e. The Morgan fingerprint density at radius 3 is 2.35 bits per heavy atom. The molecule has 2 aromatic rings. The molecule has 0 saturated heterocycles. The molecule has 0 N–H and O–H groups in total. The van der Waals surface area contributed by atoms with Crippen molar-refractivity contribution >= 4 is 33.2 Å². The van der Waals surface area contributed by atoms with Crippen LogP contribution < -0.4 is 4.74 Å². The summed E-state index contributed by atoms with van der Waals surface area (Å²) in [5, 5.41) is 0.468. The summed E-state index contributed by atoms with van der Waals surface area (Å²) in [5.74, 6) is 0.750. The molecule has 4 nitrogen and oxygen atoms in total. The molecule has 0 unspecified atom stereocenters. The summed E-state index contributed by atoms with van der Waals surface area (Å²) >= 11 is 11.9. The van der Waals surface area contributed by atoms with Crippen molar-refractivity contribution in [3.8, 4) is 5.75 Å². The van der Waals surface area contributed by atoms with Gasteiger partial charge in [0, 0.05) is 18.6 Å². The lowest BCUT2D eigenvalue weighted by atomic mass is 10.2. The minimum atomic E-state index is -3.73. The van der Waals surface area contributed by atoms with Crippen molar-refractivity contribution in [3.63, 3.8) is 0 Å². The van der Waals surface area contributed by atoms with E-state index in [1.165, 1.54) is 23.5 Å². The van der Waals surface area contributed by atoms with E-state index in [-0.39, 0.29) is 16.5 Å². The molecule has 0 fully saturated rings. The molecule has 0 spiro atoms. The van der Waals surface area contributed by atoms with Crippen molar-refractivity contribution in [2.75, 3.05) is 13.7 Å². The number of halogens is 2. The lowest BCUT2D eigenvalue weighted by molar-refractivity contribution is 0.340. The predicted molar refractivity (Wildman–Crippen MR) is 92.7 cm³/mol. The Bertz CT molecular complexity index is 776. The highest BCUT2D eigenvalue weighted by molar-refractivity contribution is 7.89. The monoisotopic (exact) mass is 373 g/mol. The highest BCUT2D eigenvalue weighted by Crippen LogP contribution is 2.28. The SMILES string of the molecule is CCOc1ccc(CN(C)S(=O)(=O)c2cc(Cl)ccc2Cl)cc1. The van der Waals surface area contributed by atoms with Gasteiger partial charge in [-0.15, -0.1) is 0 Å². The van der Waals surface area contributed by atoms with Crippen LogP contribution in [0.25, 0.3) is 0 Å². The van der Waals surface area contributed by atoms with E-state index in [2.05, 4.69) is 0 Å². The molecule has 0 amide bonds. The van der Waals surface area contributed by atoms with Gasteiger partial charge >= 0.3 is 0 Å². The summed E-state index contributed by atoms with van der Waals surface area (Å²) in [7, 11) is -2.22. The molecular formula is C16H17Cl2NO3S. The highest BCUT2D eigenvalue weighted by Gasteiger charge is 2.24. The number of ether oxygens (including phenoxy) is 1. The van der Waals surface area contributed by atoms with Crippen LogP contribution in [0.4, 0.5) is 0 Å². The molecule has 0 saturated carbocycles. The summed E-state index contributed by atoms with van der Waals surface area (Å²) in [6.45, 7) is 2.71. The topological polar surface area (TPSA) is 46.6 Å². The van der Waals surface area contributed by atoms with Crippen LogP contribution in [0.15, 0.2) is 47.4 Å². The molecule has 0 aromatic heterocycles. The predicted octanol–water partition coefficient (Wildman–Crippen LogP) is 4.21. The van der Waals surface area contributed by atoms with Crippen molar-refractivity contribution in [2.45, 2.75) is 18.4 Å². The Hall–Kier alpha value is -1.27. The zero-order valence-electron chi connectivity index (χ0n) is 12.8. The first kappa shape index (κ1) is 18.1. The van der Waals surface area contributed by atoms with Gasteiger partial charge in [0.2, 0.25) is 10.0 Å².